The number of carbonyl (C=O) groups is 1. The van der Waals surface area contributed by atoms with E-state index in [0.717, 1.165) is 38.2 Å². The zero-order valence-electron chi connectivity index (χ0n) is 13.3. The van der Waals surface area contributed by atoms with Crippen LogP contribution in [0.25, 0.3) is 0 Å². The van der Waals surface area contributed by atoms with Gasteiger partial charge in [-0.2, -0.15) is 4.98 Å². The first kappa shape index (κ1) is 16.1. The predicted octanol–water partition coefficient (Wildman–Crippen LogP) is 2.22. The van der Waals surface area contributed by atoms with Crippen molar-refractivity contribution in [3.8, 4) is 0 Å². The molecule has 2 aromatic heterocycles. The molecule has 1 aliphatic rings. The number of nitrogens with one attached hydrogen (secondary N) is 1. The Bertz CT molecular complexity index is 618. The third kappa shape index (κ3) is 4.39. The maximum absolute atomic E-state index is 12.2. The fraction of sp³-hybridized carbons (Fsp3) is 0.562. The molecule has 0 bridgehead atoms. The number of hydrogen-bond acceptors (Lipinski definition) is 6. The lowest BCUT2D eigenvalue weighted by Crippen LogP contribution is -2.40. The van der Waals surface area contributed by atoms with Crippen LogP contribution in [0.5, 0.6) is 0 Å². The summed E-state index contributed by atoms with van der Waals surface area (Å²) in [7, 11) is 0. The number of amides is 1. The number of piperidine rings is 1. The smallest absolute Gasteiger partial charge is 0.240 e. The molecule has 6 nitrogen and oxygen atoms in total. The molecule has 1 amide bonds. The highest BCUT2D eigenvalue weighted by atomic mass is 32.1. The molecule has 23 heavy (non-hydrogen) atoms. The Labute approximate surface area is 139 Å². The van der Waals surface area contributed by atoms with Gasteiger partial charge in [0.05, 0.1) is 13.1 Å². The molecule has 1 saturated heterocycles. The average molecular weight is 334 g/mol. The van der Waals surface area contributed by atoms with Gasteiger partial charge in [0.1, 0.15) is 0 Å². The lowest BCUT2D eigenvalue weighted by molar-refractivity contribution is -0.126. The zero-order chi connectivity index (χ0) is 16.1. The molecule has 0 unspecified atom stereocenters. The first-order valence-corrected chi connectivity index (χ1v) is 8.96. The molecule has 0 saturated carbocycles. The van der Waals surface area contributed by atoms with Crippen molar-refractivity contribution >= 4 is 17.2 Å². The predicted molar refractivity (Wildman–Crippen MR) is 87.8 cm³/mol. The molecule has 0 aromatic carbocycles. The number of likely N-dealkylation sites (tertiary alicyclic amines) is 1. The van der Waals surface area contributed by atoms with Crippen LogP contribution in [-0.2, 0) is 24.3 Å². The van der Waals surface area contributed by atoms with Gasteiger partial charge in [0.2, 0.25) is 11.8 Å². The van der Waals surface area contributed by atoms with Crippen LogP contribution in [-0.4, -0.2) is 34.0 Å². The van der Waals surface area contributed by atoms with E-state index in [1.807, 2.05) is 24.4 Å². The van der Waals surface area contributed by atoms with Gasteiger partial charge < -0.3 is 9.84 Å². The molecule has 2 aromatic rings. The third-order valence-corrected chi connectivity index (χ3v) is 5.04. The van der Waals surface area contributed by atoms with E-state index in [9.17, 15) is 4.79 Å². The van der Waals surface area contributed by atoms with Crippen molar-refractivity contribution in [3.05, 3.63) is 34.1 Å². The number of carbonyl (C=O) groups excluding carboxylic acids is 1. The molecule has 1 fully saturated rings. The summed E-state index contributed by atoms with van der Waals surface area (Å²) in [5.41, 5.74) is 0. The number of hydrogen-bond donors (Lipinski definition) is 1. The van der Waals surface area contributed by atoms with Crippen molar-refractivity contribution < 1.29 is 9.32 Å². The Morgan fingerprint density at radius 1 is 1.48 bits per heavy atom. The fourth-order valence-corrected chi connectivity index (χ4v) is 3.42. The summed E-state index contributed by atoms with van der Waals surface area (Å²) in [5, 5.41) is 8.99. The van der Waals surface area contributed by atoms with Crippen LogP contribution in [0.3, 0.4) is 0 Å². The van der Waals surface area contributed by atoms with Crippen LogP contribution in [0.2, 0.25) is 0 Å². The Morgan fingerprint density at radius 3 is 2.96 bits per heavy atom. The van der Waals surface area contributed by atoms with Gasteiger partial charge in [-0.25, -0.2) is 0 Å². The number of aromatic nitrogens is 2. The Hall–Kier alpha value is -1.73. The highest BCUT2D eigenvalue weighted by Crippen LogP contribution is 2.19. The van der Waals surface area contributed by atoms with Crippen LogP contribution in [0.4, 0.5) is 0 Å². The second kappa shape index (κ2) is 7.70. The summed E-state index contributed by atoms with van der Waals surface area (Å²) in [5.74, 6) is 1.70. The van der Waals surface area contributed by atoms with Crippen LogP contribution < -0.4 is 5.32 Å². The maximum atomic E-state index is 12.2. The topological polar surface area (TPSA) is 71.3 Å². The van der Waals surface area contributed by atoms with Crippen molar-refractivity contribution in [1.82, 2.24) is 20.4 Å². The Kier molecular flexibility index (Phi) is 5.40. The van der Waals surface area contributed by atoms with E-state index < -0.39 is 0 Å². The van der Waals surface area contributed by atoms with Crippen LogP contribution >= 0.6 is 11.3 Å². The molecule has 0 aliphatic carbocycles. The molecule has 1 aliphatic heterocycles. The largest absolute Gasteiger partial charge is 0.351 e. The van der Waals surface area contributed by atoms with E-state index >= 15 is 0 Å². The van der Waals surface area contributed by atoms with Gasteiger partial charge in [-0.1, -0.05) is 18.1 Å². The lowest BCUT2D eigenvalue weighted by atomic mass is 9.96. The van der Waals surface area contributed by atoms with Crippen molar-refractivity contribution in [2.45, 2.75) is 39.3 Å². The first-order chi connectivity index (χ1) is 11.2. The Balaban J connectivity index is 1.41. The summed E-state index contributed by atoms with van der Waals surface area (Å²) in [6.07, 6.45) is 2.55. The number of rotatable bonds is 6. The summed E-state index contributed by atoms with van der Waals surface area (Å²) in [4.78, 5) is 20.0. The number of nitrogens with zero attached hydrogens (tertiary/aromatic N) is 3. The molecule has 7 heteroatoms. The summed E-state index contributed by atoms with van der Waals surface area (Å²) >= 11 is 1.67. The molecule has 0 atom stereocenters. The second-order valence-corrected chi connectivity index (χ2v) is 6.84. The quantitative estimate of drug-likeness (QED) is 0.877. The zero-order valence-corrected chi connectivity index (χ0v) is 14.1. The molecule has 0 radical (unpaired) electrons. The monoisotopic (exact) mass is 334 g/mol. The molecule has 124 valence electrons. The van der Waals surface area contributed by atoms with E-state index in [4.69, 9.17) is 4.52 Å². The van der Waals surface area contributed by atoms with Crippen molar-refractivity contribution in [3.63, 3.8) is 0 Å². The molecule has 1 N–H and O–H groups in total. The van der Waals surface area contributed by atoms with Gasteiger partial charge in [0.25, 0.3) is 0 Å². The summed E-state index contributed by atoms with van der Waals surface area (Å²) in [6.45, 7) is 5.10. The highest BCUT2D eigenvalue weighted by Gasteiger charge is 2.25. The average Bonchev–Trinajstić information content (AvgIpc) is 3.25. The SMILES string of the molecule is CCc1noc(CN2CCC(C(=O)NCc3cccs3)CC2)n1. The maximum Gasteiger partial charge on any atom is 0.240 e. The molecule has 3 heterocycles. The third-order valence-electron chi connectivity index (χ3n) is 4.16. The summed E-state index contributed by atoms with van der Waals surface area (Å²) in [6, 6.07) is 4.05. The van der Waals surface area contributed by atoms with Gasteiger partial charge in [-0.3, -0.25) is 9.69 Å². The number of thiophene rings is 1. The van der Waals surface area contributed by atoms with E-state index in [1.54, 1.807) is 11.3 Å². The normalized spacial score (nSPS) is 16.6. The van der Waals surface area contributed by atoms with E-state index in [0.29, 0.717) is 19.0 Å². The van der Waals surface area contributed by atoms with Crippen LogP contribution in [0.1, 0.15) is 36.4 Å². The molecule has 0 spiro atoms. The molecular formula is C16H22N4O2S. The highest BCUT2D eigenvalue weighted by molar-refractivity contribution is 7.09. The standard InChI is InChI=1S/C16H22N4O2S/c1-2-14-18-15(22-19-14)11-20-7-5-12(6-8-20)16(21)17-10-13-4-3-9-23-13/h3-4,9,12H,2,5-8,10-11H2,1H3,(H,17,21). The van der Waals surface area contributed by atoms with Crippen molar-refractivity contribution in [2.24, 2.45) is 5.92 Å². The fourth-order valence-electron chi connectivity index (χ4n) is 2.77. The van der Waals surface area contributed by atoms with E-state index in [1.165, 1.54) is 4.88 Å². The minimum atomic E-state index is 0.111. The number of aryl methyl sites for hydroxylation is 1. The van der Waals surface area contributed by atoms with Crippen molar-refractivity contribution in [1.29, 1.82) is 0 Å². The van der Waals surface area contributed by atoms with Crippen molar-refractivity contribution in [2.75, 3.05) is 13.1 Å². The second-order valence-electron chi connectivity index (χ2n) is 5.81. The van der Waals surface area contributed by atoms with E-state index in [2.05, 4.69) is 20.4 Å². The van der Waals surface area contributed by atoms with Crippen LogP contribution in [0, 0.1) is 5.92 Å². The van der Waals surface area contributed by atoms with Gasteiger partial charge in [0, 0.05) is 17.2 Å². The van der Waals surface area contributed by atoms with Crippen LogP contribution in [0.15, 0.2) is 22.0 Å². The van der Waals surface area contributed by atoms with E-state index in [-0.39, 0.29) is 11.8 Å². The van der Waals surface area contributed by atoms with Gasteiger partial charge in [-0.15, -0.1) is 11.3 Å². The van der Waals surface area contributed by atoms with Gasteiger partial charge >= 0.3 is 0 Å². The minimum absolute atomic E-state index is 0.111. The minimum Gasteiger partial charge on any atom is -0.351 e. The molecule has 3 rings (SSSR count). The summed E-state index contributed by atoms with van der Waals surface area (Å²) < 4.78 is 5.23. The first-order valence-electron chi connectivity index (χ1n) is 8.08. The molecular weight excluding hydrogens is 312 g/mol. The lowest BCUT2D eigenvalue weighted by Gasteiger charge is -2.30. The van der Waals surface area contributed by atoms with Gasteiger partial charge in [0.15, 0.2) is 5.82 Å². The van der Waals surface area contributed by atoms with Gasteiger partial charge in [-0.05, 0) is 37.4 Å². The Morgan fingerprint density at radius 2 is 2.30 bits per heavy atom.